The molecule has 0 atom stereocenters. The van der Waals surface area contributed by atoms with E-state index in [2.05, 4.69) is 10.3 Å². The number of pyridine rings is 1. The molecule has 25 heavy (non-hydrogen) atoms. The van der Waals surface area contributed by atoms with Gasteiger partial charge in [0.15, 0.2) is 0 Å². The van der Waals surface area contributed by atoms with E-state index in [1.807, 2.05) is 36.1 Å². The second-order valence-electron chi connectivity index (χ2n) is 6.47. The van der Waals surface area contributed by atoms with Crippen molar-refractivity contribution >= 4 is 11.8 Å². The van der Waals surface area contributed by atoms with E-state index in [1.165, 1.54) is 0 Å². The molecule has 1 fully saturated rings. The molecule has 2 amide bonds. The summed E-state index contributed by atoms with van der Waals surface area (Å²) in [6.45, 7) is 3.40. The first-order valence-corrected chi connectivity index (χ1v) is 8.66. The highest BCUT2D eigenvalue weighted by atomic mass is 16.2. The molecular weight excluding hydrogens is 314 g/mol. The van der Waals surface area contributed by atoms with Gasteiger partial charge in [0, 0.05) is 31.5 Å². The number of likely N-dealkylation sites (tertiary alicyclic amines) is 1. The van der Waals surface area contributed by atoms with Crippen molar-refractivity contribution in [2.24, 2.45) is 0 Å². The van der Waals surface area contributed by atoms with Crippen LogP contribution in [0.3, 0.4) is 0 Å². The smallest absolute Gasteiger partial charge is 0.253 e. The van der Waals surface area contributed by atoms with E-state index >= 15 is 0 Å². The molecule has 1 aliphatic rings. The first-order valence-electron chi connectivity index (χ1n) is 8.66. The Morgan fingerprint density at radius 2 is 1.92 bits per heavy atom. The molecule has 2 aromatic rings. The lowest BCUT2D eigenvalue weighted by molar-refractivity contribution is -0.131. The Morgan fingerprint density at radius 3 is 2.60 bits per heavy atom. The highest BCUT2D eigenvalue weighted by Gasteiger charge is 2.24. The molecule has 1 N–H and O–H groups in total. The average Bonchev–Trinajstić information content (AvgIpc) is 2.65. The highest BCUT2D eigenvalue weighted by molar-refractivity contribution is 5.94. The summed E-state index contributed by atoms with van der Waals surface area (Å²) in [5, 5.41) is 3.04. The third-order valence-electron chi connectivity index (χ3n) is 4.71. The molecule has 0 radical (unpaired) electrons. The lowest BCUT2D eigenvalue weighted by Crippen LogP contribution is -2.47. The second kappa shape index (κ2) is 7.92. The lowest BCUT2D eigenvalue weighted by Gasteiger charge is -2.32. The van der Waals surface area contributed by atoms with Gasteiger partial charge in [-0.2, -0.15) is 0 Å². The number of carbonyl (C=O) groups is 2. The van der Waals surface area contributed by atoms with Crippen LogP contribution < -0.4 is 5.32 Å². The molecule has 0 bridgehead atoms. The van der Waals surface area contributed by atoms with Gasteiger partial charge in [-0.05, 0) is 43.0 Å². The first-order chi connectivity index (χ1) is 12.1. The highest BCUT2D eigenvalue weighted by Crippen LogP contribution is 2.15. The van der Waals surface area contributed by atoms with E-state index < -0.39 is 0 Å². The van der Waals surface area contributed by atoms with Crippen molar-refractivity contribution in [3.63, 3.8) is 0 Å². The molecule has 0 spiro atoms. The molecule has 0 saturated carbocycles. The minimum Gasteiger partial charge on any atom is -0.349 e. The number of nitrogens with one attached hydrogen (secondary N) is 1. The number of piperidine rings is 1. The summed E-state index contributed by atoms with van der Waals surface area (Å²) in [5.74, 6) is 0.0594. The fraction of sp³-hybridized carbons (Fsp3) is 0.350. The van der Waals surface area contributed by atoms with Crippen molar-refractivity contribution in [2.75, 3.05) is 13.1 Å². The number of amides is 2. The van der Waals surface area contributed by atoms with Crippen LogP contribution in [-0.2, 0) is 11.2 Å². The van der Waals surface area contributed by atoms with Crippen LogP contribution in [0.25, 0.3) is 0 Å². The molecule has 1 saturated heterocycles. The van der Waals surface area contributed by atoms with Crippen LogP contribution in [-0.4, -0.2) is 40.8 Å². The molecule has 0 aliphatic carbocycles. The first kappa shape index (κ1) is 17.1. The summed E-state index contributed by atoms with van der Waals surface area (Å²) in [6, 6.07) is 11.6. The summed E-state index contributed by atoms with van der Waals surface area (Å²) in [6.07, 6.45) is 5.22. The zero-order valence-electron chi connectivity index (χ0n) is 14.4. The number of carbonyl (C=O) groups excluding carboxylic acids is 2. The molecule has 5 nitrogen and oxygen atoms in total. The van der Waals surface area contributed by atoms with Crippen LogP contribution in [0, 0.1) is 6.92 Å². The Bertz CT molecular complexity index is 738. The van der Waals surface area contributed by atoms with Crippen LogP contribution in [0.5, 0.6) is 0 Å². The molecule has 5 heteroatoms. The number of hydrogen-bond acceptors (Lipinski definition) is 3. The van der Waals surface area contributed by atoms with Crippen LogP contribution >= 0.6 is 0 Å². The van der Waals surface area contributed by atoms with E-state index in [1.54, 1.807) is 24.5 Å². The SMILES string of the molecule is Cc1ccccc1CC(=O)N1CCC(NC(=O)c2cccnc2)CC1. The zero-order chi connectivity index (χ0) is 17.6. The number of aromatic nitrogens is 1. The van der Waals surface area contributed by atoms with Crippen molar-refractivity contribution < 1.29 is 9.59 Å². The Hall–Kier alpha value is -2.69. The van der Waals surface area contributed by atoms with Gasteiger partial charge in [-0.1, -0.05) is 24.3 Å². The Balaban J connectivity index is 1.49. The van der Waals surface area contributed by atoms with E-state index in [9.17, 15) is 9.59 Å². The Morgan fingerprint density at radius 1 is 1.16 bits per heavy atom. The van der Waals surface area contributed by atoms with Crippen molar-refractivity contribution in [1.82, 2.24) is 15.2 Å². The quantitative estimate of drug-likeness (QED) is 0.931. The minimum absolute atomic E-state index is 0.0993. The fourth-order valence-electron chi connectivity index (χ4n) is 3.12. The van der Waals surface area contributed by atoms with Crippen LogP contribution in [0.15, 0.2) is 48.8 Å². The molecule has 1 aromatic carbocycles. The third-order valence-corrected chi connectivity index (χ3v) is 4.71. The summed E-state index contributed by atoms with van der Waals surface area (Å²) in [4.78, 5) is 30.5. The average molecular weight is 337 g/mol. The Labute approximate surface area is 148 Å². The van der Waals surface area contributed by atoms with Gasteiger partial charge in [-0.3, -0.25) is 14.6 Å². The van der Waals surface area contributed by atoms with Gasteiger partial charge in [0.2, 0.25) is 5.91 Å². The Kier molecular flexibility index (Phi) is 5.43. The second-order valence-corrected chi connectivity index (χ2v) is 6.47. The molecule has 2 heterocycles. The summed E-state index contributed by atoms with van der Waals surface area (Å²) in [7, 11) is 0. The van der Waals surface area contributed by atoms with Crippen LogP contribution in [0.2, 0.25) is 0 Å². The van der Waals surface area contributed by atoms with Gasteiger partial charge >= 0.3 is 0 Å². The molecule has 0 unspecified atom stereocenters. The third kappa shape index (κ3) is 4.44. The van der Waals surface area contributed by atoms with Crippen molar-refractivity contribution in [3.8, 4) is 0 Å². The lowest BCUT2D eigenvalue weighted by atomic mass is 10.0. The van der Waals surface area contributed by atoms with E-state index in [-0.39, 0.29) is 17.9 Å². The number of rotatable bonds is 4. The summed E-state index contributed by atoms with van der Waals surface area (Å²) in [5.41, 5.74) is 2.80. The standard InChI is InChI=1S/C20H23N3O2/c1-15-5-2-3-6-16(15)13-19(24)23-11-8-18(9-12-23)22-20(25)17-7-4-10-21-14-17/h2-7,10,14,18H,8-9,11-13H2,1H3,(H,22,25). The van der Waals surface area contributed by atoms with Crippen molar-refractivity contribution in [1.29, 1.82) is 0 Å². The van der Waals surface area contributed by atoms with E-state index in [4.69, 9.17) is 0 Å². The van der Waals surface area contributed by atoms with Gasteiger partial charge in [-0.25, -0.2) is 0 Å². The van der Waals surface area contributed by atoms with Crippen LogP contribution in [0.1, 0.15) is 34.3 Å². The van der Waals surface area contributed by atoms with Crippen molar-refractivity contribution in [2.45, 2.75) is 32.2 Å². The van der Waals surface area contributed by atoms with Crippen LogP contribution in [0.4, 0.5) is 0 Å². The molecule has 1 aromatic heterocycles. The maximum Gasteiger partial charge on any atom is 0.253 e. The minimum atomic E-state index is -0.0993. The zero-order valence-corrected chi connectivity index (χ0v) is 14.4. The predicted molar refractivity (Wildman–Crippen MR) is 96.2 cm³/mol. The molecule has 1 aliphatic heterocycles. The maximum atomic E-state index is 12.5. The normalized spacial score (nSPS) is 15.0. The van der Waals surface area contributed by atoms with Crippen molar-refractivity contribution in [3.05, 3.63) is 65.5 Å². The predicted octanol–water partition coefficient (Wildman–Crippen LogP) is 2.35. The van der Waals surface area contributed by atoms with Gasteiger partial charge in [0.25, 0.3) is 5.91 Å². The molecule has 130 valence electrons. The molecular formula is C20H23N3O2. The number of hydrogen-bond donors (Lipinski definition) is 1. The fourth-order valence-corrected chi connectivity index (χ4v) is 3.12. The van der Waals surface area contributed by atoms with Gasteiger partial charge in [0.1, 0.15) is 0 Å². The topological polar surface area (TPSA) is 62.3 Å². The van der Waals surface area contributed by atoms with Gasteiger partial charge in [-0.15, -0.1) is 0 Å². The number of benzene rings is 1. The van der Waals surface area contributed by atoms with Gasteiger partial charge in [0.05, 0.1) is 12.0 Å². The van der Waals surface area contributed by atoms with Gasteiger partial charge < -0.3 is 10.2 Å². The number of aryl methyl sites for hydroxylation is 1. The maximum absolute atomic E-state index is 12.5. The van der Waals surface area contributed by atoms with E-state index in [0.717, 1.165) is 24.0 Å². The monoisotopic (exact) mass is 337 g/mol. The number of nitrogens with zero attached hydrogens (tertiary/aromatic N) is 2. The van der Waals surface area contributed by atoms with E-state index in [0.29, 0.717) is 25.1 Å². The summed E-state index contributed by atoms with van der Waals surface area (Å²) >= 11 is 0. The molecule has 3 rings (SSSR count). The summed E-state index contributed by atoms with van der Waals surface area (Å²) < 4.78 is 0. The largest absolute Gasteiger partial charge is 0.349 e.